The summed E-state index contributed by atoms with van der Waals surface area (Å²) >= 11 is 0. The minimum Gasteiger partial charge on any atom is -0.481 e. The van der Waals surface area contributed by atoms with Crippen LogP contribution in [0.25, 0.3) is 28.0 Å². The molecule has 4 aromatic heterocycles. The summed E-state index contributed by atoms with van der Waals surface area (Å²) in [7, 11) is 1.59. The molecule has 0 bridgehead atoms. The van der Waals surface area contributed by atoms with Crippen molar-refractivity contribution >= 4 is 17.3 Å². The summed E-state index contributed by atoms with van der Waals surface area (Å²) in [5.41, 5.74) is 18.3. The van der Waals surface area contributed by atoms with Gasteiger partial charge in [0.2, 0.25) is 11.8 Å². The molecule has 0 fully saturated rings. The third-order valence-electron chi connectivity index (χ3n) is 5.21. The Morgan fingerprint density at radius 3 is 2.58 bits per heavy atom. The molecule has 5 aromatic rings. The maximum absolute atomic E-state index is 6.34. The maximum Gasteiger partial charge on any atom is 0.223 e. The zero-order valence-corrected chi connectivity index (χ0v) is 18.2. The van der Waals surface area contributed by atoms with Crippen LogP contribution in [-0.2, 0) is 6.42 Å². The summed E-state index contributed by atoms with van der Waals surface area (Å²) in [5, 5.41) is 4.62. The van der Waals surface area contributed by atoms with E-state index in [1.165, 1.54) is 0 Å². The van der Waals surface area contributed by atoms with Crippen molar-refractivity contribution in [3.05, 3.63) is 78.0 Å². The molecule has 5 rings (SSSR count). The Kier molecular flexibility index (Phi) is 5.06. The fraction of sp³-hybridized carbons (Fsp3) is 0.125. The lowest BCUT2D eigenvalue weighted by Gasteiger charge is -2.13. The lowest BCUT2D eigenvalue weighted by molar-refractivity contribution is 0.397. The number of pyridine rings is 2. The van der Waals surface area contributed by atoms with E-state index in [4.69, 9.17) is 26.2 Å². The Morgan fingerprint density at radius 2 is 1.82 bits per heavy atom. The molecule has 33 heavy (non-hydrogen) atoms. The molecule has 4 N–H and O–H groups in total. The van der Waals surface area contributed by atoms with Gasteiger partial charge in [0, 0.05) is 34.9 Å². The van der Waals surface area contributed by atoms with E-state index in [1.54, 1.807) is 17.8 Å². The van der Waals surface area contributed by atoms with Gasteiger partial charge in [0.15, 0.2) is 11.5 Å². The van der Waals surface area contributed by atoms with Crippen LogP contribution in [0.5, 0.6) is 5.88 Å². The van der Waals surface area contributed by atoms with E-state index < -0.39 is 0 Å². The number of fused-ring (bicyclic) bond motifs is 1. The van der Waals surface area contributed by atoms with Gasteiger partial charge in [-0.15, -0.1) is 5.10 Å². The van der Waals surface area contributed by atoms with Gasteiger partial charge in [-0.2, -0.15) is 4.52 Å². The average molecular weight is 438 g/mol. The molecule has 0 aliphatic carbocycles. The first kappa shape index (κ1) is 20.4. The predicted octanol–water partition coefficient (Wildman–Crippen LogP) is 3.32. The van der Waals surface area contributed by atoms with Gasteiger partial charge in [-0.1, -0.05) is 18.2 Å². The number of hydrogen-bond acceptors (Lipinski definition) is 8. The zero-order chi connectivity index (χ0) is 22.9. The van der Waals surface area contributed by atoms with Gasteiger partial charge in [-0.25, -0.2) is 15.0 Å². The fourth-order valence-corrected chi connectivity index (χ4v) is 3.79. The third kappa shape index (κ3) is 3.91. The van der Waals surface area contributed by atoms with Crippen LogP contribution in [0.1, 0.15) is 17.2 Å². The molecule has 164 valence electrons. The quantitative estimate of drug-likeness (QED) is 0.400. The number of aryl methyl sites for hydroxylation is 1. The van der Waals surface area contributed by atoms with Crippen LogP contribution in [0, 0.1) is 6.92 Å². The van der Waals surface area contributed by atoms with Crippen LogP contribution in [0.4, 0.5) is 11.6 Å². The van der Waals surface area contributed by atoms with Gasteiger partial charge in [0.1, 0.15) is 0 Å². The molecule has 0 radical (unpaired) electrons. The van der Waals surface area contributed by atoms with Crippen molar-refractivity contribution in [2.24, 2.45) is 0 Å². The van der Waals surface area contributed by atoms with Crippen LogP contribution in [0.15, 0.2) is 60.8 Å². The van der Waals surface area contributed by atoms with E-state index in [2.05, 4.69) is 15.1 Å². The first-order valence-corrected chi connectivity index (χ1v) is 10.4. The number of rotatable bonds is 5. The second kappa shape index (κ2) is 8.19. The molecular weight excluding hydrogens is 416 g/mol. The molecule has 9 nitrogen and oxygen atoms in total. The van der Waals surface area contributed by atoms with E-state index in [0.29, 0.717) is 35.2 Å². The Labute approximate surface area is 190 Å². The summed E-state index contributed by atoms with van der Waals surface area (Å²) in [5.74, 6) is 1.31. The van der Waals surface area contributed by atoms with Gasteiger partial charge in [0.25, 0.3) is 0 Å². The molecule has 0 saturated heterocycles. The van der Waals surface area contributed by atoms with E-state index >= 15 is 0 Å². The number of nitrogens with two attached hydrogens (primary N) is 2. The zero-order valence-electron chi connectivity index (χ0n) is 18.2. The summed E-state index contributed by atoms with van der Waals surface area (Å²) in [6, 6.07) is 17.1. The molecule has 0 saturated carbocycles. The van der Waals surface area contributed by atoms with Gasteiger partial charge < -0.3 is 16.2 Å². The van der Waals surface area contributed by atoms with Crippen LogP contribution in [0.2, 0.25) is 0 Å². The minimum atomic E-state index is 0.226. The van der Waals surface area contributed by atoms with Crippen LogP contribution < -0.4 is 16.2 Å². The van der Waals surface area contributed by atoms with Gasteiger partial charge in [-0.3, -0.25) is 4.98 Å². The highest BCUT2D eigenvalue weighted by atomic mass is 16.5. The van der Waals surface area contributed by atoms with Crippen molar-refractivity contribution in [2.45, 2.75) is 13.3 Å². The monoisotopic (exact) mass is 438 g/mol. The SMILES string of the molecule is COc1cc(-c2c(-c3cccc(N)c3)nc(N)n3nc(Cc4ccccn4)nc23)cc(C)n1. The standard InChI is InChI=1S/C24H22N8O/c1-14-10-16(12-20(28-14)33-2)21-22(15-6-5-7-17(25)11-15)30-24(26)32-23(21)29-19(31-32)13-18-8-3-4-9-27-18/h3-12H,13,25H2,1-2H3,(H2,26,30). The van der Waals surface area contributed by atoms with Crippen molar-refractivity contribution in [3.63, 3.8) is 0 Å². The number of benzene rings is 1. The number of nitrogens with zero attached hydrogens (tertiary/aromatic N) is 6. The van der Waals surface area contributed by atoms with E-state index in [1.807, 2.05) is 61.5 Å². The van der Waals surface area contributed by atoms with Crippen molar-refractivity contribution in [1.29, 1.82) is 0 Å². The predicted molar refractivity (Wildman–Crippen MR) is 127 cm³/mol. The van der Waals surface area contributed by atoms with Crippen LogP contribution in [-0.4, -0.2) is 36.7 Å². The molecule has 0 aliphatic rings. The summed E-state index contributed by atoms with van der Waals surface area (Å²) in [6.07, 6.45) is 2.21. The normalized spacial score (nSPS) is 11.1. The van der Waals surface area contributed by atoms with Crippen molar-refractivity contribution in [1.82, 2.24) is 29.5 Å². The number of hydrogen-bond donors (Lipinski definition) is 2. The highest BCUT2D eigenvalue weighted by Gasteiger charge is 2.21. The number of anilines is 2. The van der Waals surface area contributed by atoms with Gasteiger partial charge >= 0.3 is 0 Å². The Hall–Kier alpha value is -4.53. The topological polar surface area (TPSA) is 130 Å². The van der Waals surface area contributed by atoms with E-state index in [-0.39, 0.29) is 5.95 Å². The molecule has 9 heteroatoms. The number of ether oxygens (including phenoxy) is 1. The lowest BCUT2D eigenvalue weighted by atomic mass is 9.99. The first-order chi connectivity index (χ1) is 16.0. The number of methoxy groups -OCH3 is 1. The van der Waals surface area contributed by atoms with Gasteiger partial charge in [-0.05, 0) is 42.8 Å². The lowest BCUT2D eigenvalue weighted by Crippen LogP contribution is -2.06. The molecule has 0 amide bonds. The van der Waals surface area contributed by atoms with Crippen molar-refractivity contribution < 1.29 is 4.74 Å². The fourth-order valence-electron chi connectivity index (χ4n) is 3.79. The minimum absolute atomic E-state index is 0.226. The Bertz CT molecular complexity index is 1460. The molecular formula is C24H22N8O. The maximum atomic E-state index is 6.34. The van der Waals surface area contributed by atoms with Gasteiger partial charge in [0.05, 0.1) is 24.8 Å². The molecule has 0 aliphatic heterocycles. The molecule has 4 heterocycles. The number of aromatic nitrogens is 6. The van der Waals surface area contributed by atoms with E-state index in [0.717, 1.165) is 28.1 Å². The Morgan fingerprint density at radius 1 is 0.939 bits per heavy atom. The highest BCUT2D eigenvalue weighted by molar-refractivity contribution is 5.91. The first-order valence-electron chi connectivity index (χ1n) is 10.4. The van der Waals surface area contributed by atoms with Crippen LogP contribution in [0.3, 0.4) is 0 Å². The summed E-state index contributed by atoms with van der Waals surface area (Å²) < 4.78 is 6.98. The summed E-state index contributed by atoms with van der Waals surface area (Å²) in [4.78, 5) is 18.3. The van der Waals surface area contributed by atoms with Crippen molar-refractivity contribution in [3.8, 4) is 28.3 Å². The molecule has 0 atom stereocenters. The average Bonchev–Trinajstić information content (AvgIpc) is 3.23. The van der Waals surface area contributed by atoms with Crippen LogP contribution >= 0.6 is 0 Å². The van der Waals surface area contributed by atoms with Crippen molar-refractivity contribution in [2.75, 3.05) is 18.6 Å². The highest BCUT2D eigenvalue weighted by Crippen LogP contribution is 2.36. The largest absolute Gasteiger partial charge is 0.481 e. The smallest absolute Gasteiger partial charge is 0.223 e. The third-order valence-corrected chi connectivity index (χ3v) is 5.21. The van der Waals surface area contributed by atoms with E-state index in [9.17, 15) is 0 Å². The Balaban J connectivity index is 1.79. The second-order valence-electron chi connectivity index (χ2n) is 7.62. The molecule has 1 aromatic carbocycles. The summed E-state index contributed by atoms with van der Waals surface area (Å²) in [6.45, 7) is 1.91. The second-order valence-corrected chi connectivity index (χ2v) is 7.62. The molecule has 0 spiro atoms. The molecule has 0 unspecified atom stereocenters. The number of nitrogen functional groups attached to an aromatic ring is 2.